The molecule has 0 saturated carbocycles. The molecule has 10 nitrogen and oxygen atoms in total. The minimum atomic E-state index is -5.19. The molecule has 0 aliphatic heterocycles. The summed E-state index contributed by atoms with van der Waals surface area (Å²) in [7, 11) is 0. The number of carbonyl (C=O) groups is 3. The van der Waals surface area contributed by atoms with Crippen LogP contribution in [0.3, 0.4) is 0 Å². The quantitative estimate of drug-likeness (QED) is 0.597. The van der Waals surface area contributed by atoms with E-state index in [1.165, 1.54) is 18.5 Å². The number of carboxylic acid groups (broad SMARTS) is 2. The van der Waals surface area contributed by atoms with E-state index < -0.39 is 29.6 Å². The van der Waals surface area contributed by atoms with Crippen molar-refractivity contribution in [3.05, 3.63) is 36.9 Å². The third kappa shape index (κ3) is 7.86. The van der Waals surface area contributed by atoms with Crippen LogP contribution in [0, 0.1) is 0 Å². The van der Waals surface area contributed by atoms with Crippen LogP contribution >= 0.6 is 0 Å². The second-order valence-electron chi connectivity index (χ2n) is 5.95. The van der Waals surface area contributed by atoms with E-state index in [4.69, 9.17) is 15.0 Å². The van der Waals surface area contributed by atoms with Gasteiger partial charge >= 0.3 is 12.1 Å². The van der Waals surface area contributed by atoms with Crippen LogP contribution < -0.4 is 15.1 Å². The van der Waals surface area contributed by atoms with Gasteiger partial charge < -0.3 is 20.3 Å². The predicted octanol–water partition coefficient (Wildman–Crippen LogP) is -0.896. The molecule has 0 aliphatic rings. The Balaban J connectivity index is 0.000000516. The first-order valence-corrected chi connectivity index (χ1v) is 7.78. The number of amides is 1. The lowest BCUT2D eigenvalue weighted by Gasteiger charge is -2.19. The second-order valence-corrected chi connectivity index (χ2v) is 5.95. The van der Waals surface area contributed by atoms with Crippen LogP contribution in [-0.2, 0) is 20.9 Å². The molecule has 2 rings (SSSR count). The Labute approximate surface area is 162 Å². The molecule has 2 N–H and O–H groups in total. The molecule has 29 heavy (non-hydrogen) atoms. The topological polar surface area (TPSA) is 149 Å². The van der Waals surface area contributed by atoms with Crippen molar-refractivity contribution in [2.24, 2.45) is 0 Å². The normalized spacial score (nSPS) is 11.1. The number of rotatable bonds is 5. The molecule has 156 valence electrons. The van der Waals surface area contributed by atoms with Gasteiger partial charge in [-0.05, 0) is 25.0 Å². The van der Waals surface area contributed by atoms with Crippen LogP contribution in [0.25, 0.3) is 11.4 Å². The minimum Gasteiger partial charge on any atom is -0.542 e. The molecular formula is C16H16F3N5O5. The summed E-state index contributed by atoms with van der Waals surface area (Å²) in [6, 6.07) is 3.45. The lowest BCUT2D eigenvalue weighted by Crippen LogP contribution is -2.54. The lowest BCUT2D eigenvalue weighted by molar-refractivity contribution is -0.742. The Bertz CT molecular complexity index is 857. The summed E-state index contributed by atoms with van der Waals surface area (Å²) in [5.41, 5.74) is -0.599. The number of carbonyl (C=O) groups excluding carboxylic acids is 2. The zero-order valence-corrected chi connectivity index (χ0v) is 15.2. The van der Waals surface area contributed by atoms with E-state index in [1.54, 1.807) is 36.9 Å². The van der Waals surface area contributed by atoms with Crippen LogP contribution in [0.2, 0.25) is 0 Å². The summed E-state index contributed by atoms with van der Waals surface area (Å²) in [6.07, 6.45) is 1.22. The van der Waals surface area contributed by atoms with Gasteiger partial charge in [0.1, 0.15) is 17.7 Å². The fourth-order valence-corrected chi connectivity index (χ4v) is 1.65. The number of halogens is 3. The molecule has 2 aromatic rings. The standard InChI is InChI=1S/C14H15N5O3.C2HF3O2/c1-14(2,13(21)22)18-11(20)9-19-7-4-10(8-17-19)12-15-5-3-6-16-12;3-2(4,5)1(6)7/h3-8H,9H2,1-2H3,(H-,18,20,21,22);(H,6,7). The molecule has 0 aliphatic carbocycles. The van der Waals surface area contributed by atoms with Gasteiger partial charge in [-0.25, -0.2) is 14.8 Å². The molecule has 2 aromatic heterocycles. The van der Waals surface area contributed by atoms with Crippen molar-refractivity contribution in [2.75, 3.05) is 0 Å². The maximum atomic E-state index is 11.8. The van der Waals surface area contributed by atoms with Crippen LogP contribution in [0.1, 0.15) is 13.8 Å². The van der Waals surface area contributed by atoms with Gasteiger partial charge in [-0.2, -0.15) is 13.2 Å². The number of nitrogens with one attached hydrogen (secondary N) is 1. The Morgan fingerprint density at radius 1 is 1.21 bits per heavy atom. The molecule has 1 amide bonds. The van der Waals surface area contributed by atoms with Gasteiger partial charge in [-0.15, -0.1) is 0 Å². The molecule has 0 saturated heterocycles. The van der Waals surface area contributed by atoms with E-state index in [1.807, 2.05) is 0 Å². The van der Waals surface area contributed by atoms with Crippen LogP contribution in [-0.4, -0.2) is 49.7 Å². The summed E-state index contributed by atoms with van der Waals surface area (Å²) in [5.74, 6) is -4.00. The monoisotopic (exact) mass is 415 g/mol. The first-order chi connectivity index (χ1) is 13.3. The van der Waals surface area contributed by atoms with Gasteiger partial charge in [0.25, 0.3) is 12.5 Å². The van der Waals surface area contributed by atoms with Crippen LogP contribution in [0.5, 0.6) is 0 Å². The molecule has 0 fully saturated rings. The summed E-state index contributed by atoms with van der Waals surface area (Å²) in [4.78, 5) is 39.8. The largest absolute Gasteiger partial charge is 0.542 e. The lowest BCUT2D eigenvalue weighted by atomic mass is 10.1. The zero-order chi connectivity index (χ0) is 22.2. The predicted molar refractivity (Wildman–Crippen MR) is 86.4 cm³/mol. The molecule has 2 heterocycles. The highest BCUT2D eigenvalue weighted by Crippen LogP contribution is 2.11. The molecule has 0 radical (unpaired) electrons. The fourth-order valence-electron chi connectivity index (χ4n) is 1.65. The van der Waals surface area contributed by atoms with Gasteiger partial charge in [-0.1, -0.05) is 4.68 Å². The van der Waals surface area contributed by atoms with Crippen molar-refractivity contribution < 1.29 is 42.4 Å². The maximum Gasteiger partial charge on any atom is 0.430 e. The number of hydrogen-bond acceptors (Lipinski definition) is 7. The summed E-state index contributed by atoms with van der Waals surface area (Å²) in [6.45, 7) is 2.76. The third-order valence-corrected chi connectivity index (χ3v) is 3.12. The van der Waals surface area contributed by atoms with Gasteiger partial charge in [0.05, 0.1) is 0 Å². The van der Waals surface area contributed by atoms with Gasteiger partial charge in [0, 0.05) is 24.0 Å². The van der Waals surface area contributed by atoms with E-state index in [0.29, 0.717) is 5.82 Å². The summed E-state index contributed by atoms with van der Waals surface area (Å²) >= 11 is 0. The fraction of sp³-hybridized carbons (Fsp3) is 0.312. The number of nitrogens with zero attached hydrogens (tertiary/aromatic N) is 4. The molecule has 0 bridgehead atoms. The highest BCUT2D eigenvalue weighted by Gasteiger charge is 2.30. The molecule has 0 aromatic carbocycles. The number of carboxylic acids is 2. The van der Waals surface area contributed by atoms with Crippen molar-refractivity contribution in [3.8, 4) is 11.4 Å². The van der Waals surface area contributed by atoms with E-state index >= 15 is 0 Å². The Morgan fingerprint density at radius 3 is 2.17 bits per heavy atom. The highest BCUT2D eigenvalue weighted by molar-refractivity contribution is 5.85. The zero-order valence-electron chi connectivity index (χ0n) is 15.2. The number of alkyl halides is 3. The van der Waals surface area contributed by atoms with Gasteiger partial charge in [-0.3, -0.25) is 4.79 Å². The Hall–Kier alpha value is -3.64. The van der Waals surface area contributed by atoms with Crippen molar-refractivity contribution in [1.29, 1.82) is 0 Å². The minimum absolute atomic E-state index is 0.0767. The number of aliphatic carboxylic acids is 2. The number of aromatic nitrogens is 4. The molecule has 0 unspecified atom stereocenters. The van der Waals surface area contributed by atoms with Crippen LogP contribution in [0.15, 0.2) is 36.9 Å². The second kappa shape index (κ2) is 9.52. The SMILES string of the molecule is CC(C)(NC(=O)C[n+]1ccc(-c2ncccn2)cn1)C(=O)O.O=C([O-])C(F)(F)F. The van der Waals surface area contributed by atoms with Gasteiger partial charge in [0.15, 0.2) is 12.0 Å². The Kier molecular flexibility index (Phi) is 7.68. The first-order valence-electron chi connectivity index (χ1n) is 7.78. The van der Waals surface area contributed by atoms with Crippen molar-refractivity contribution in [2.45, 2.75) is 32.1 Å². The van der Waals surface area contributed by atoms with Crippen molar-refractivity contribution >= 4 is 17.8 Å². The van der Waals surface area contributed by atoms with E-state index in [0.717, 1.165) is 5.56 Å². The first kappa shape index (κ1) is 23.4. The van der Waals surface area contributed by atoms with Crippen molar-refractivity contribution in [1.82, 2.24) is 20.4 Å². The van der Waals surface area contributed by atoms with E-state index in [-0.39, 0.29) is 6.54 Å². The molecule has 13 heteroatoms. The van der Waals surface area contributed by atoms with E-state index in [9.17, 15) is 22.8 Å². The number of hydrogen-bond donors (Lipinski definition) is 2. The average Bonchev–Trinajstić information content (AvgIpc) is 2.62. The molecule has 0 atom stereocenters. The summed E-state index contributed by atoms with van der Waals surface area (Å²) < 4.78 is 33.0. The maximum absolute atomic E-state index is 11.8. The molecule has 0 spiro atoms. The molecular weight excluding hydrogens is 399 g/mol. The average molecular weight is 415 g/mol. The summed E-state index contributed by atoms with van der Waals surface area (Å²) in [5, 5.41) is 24.3. The van der Waals surface area contributed by atoms with E-state index in [2.05, 4.69) is 20.4 Å². The Morgan fingerprint density at radius 2 is 1.76 bits per heavy atom. The van der Waals surface area contributed by atoms with Crippen LogP contribution in [0.4, 0.5) is 13.2 Å². The smallest absolute Gasteiger partial charge is 0.430 e. The van der Waals surface area contributed by atoms with Gasteiger partial charge in [0.2, 0.25) is 0 Å². The third-order valence-electron chi connectivity index (χ3n) is 3.12. The van der Waals surface area contributed by atoms with Crippen molar-refractivity contribution in [3.63, 3.8) is 0 Å². The highest BCUT2D eigenvalue weighted by atomic mass is 19.4.